The van der Waals surface area contributed by atoms with E-state index in [2.05, 4.69) is 10.6 Å². The monoisotopic (exact) mass is 174 g/mol. The van der Waals surface area contributed by atoms with Gasteiger partial charge in [-0.15, -0.1) is 0 Å². The largest absolute Gasteiger partial charge is 0.351 e. The lowest BCUT2D eigenvalue weighted by atomic mass is 10.2. The van der Waals surface area contributed by atoms with Crippen molar-refractivity contribution in [3.63, 3.8) is 0 Å². The Labute approximate surface area is 71.3 Å². The zero-order valence-corrected chi connectivity index (χ0v) is 7.54. The van der Waals surface area contributed by atoms with Gasteiger partial charge in [-0.2, -0.15) is 11.8 Å². The van der Waals surface area contributed by atoms with Gasteiger partial charge in [-0.05, 0) is 19.2 Å². The van der Waals surface area contributed by atoms with E-state index in [9.17, 15) is 4.79 Å². The molecule has 1 rings (SSSR count). The number of nitrogens with one attached hydrogen (secondary N) is 2. The maximum atomic E-state index is 11.0. The Morgan fingerprint density at radius 1 is 1.73 bits per heavy atom. The molecule has 4 heteroatoms. The molecule has 1 fully saturated rings. The minimum Gasteiger partial charge on any atom is -0.351 e. The molecule has 0 aromatic rings. The topological polar surface area (TPSA) is 41.1 Å². The summed E-state index contributed by atoms with van der Waals surface area (Å²) in [5, 5.41) is 5.78. The van der Waals surface area contributed by atoms with Gasteiger partial charge in [0.2, 0.25) is 5.91 Å². The van der Waals surface area contributed by atoms with Crippen molar-refractivity contribution in [2.24, 2.45) is 0 Å². The standard InChI is InChI=1S/C7H14N2OS/c1-8-4-7(10)9-6-2-3-11-5-6/h6,8H,2-5H2,1H3,(H,9,10). The summed E-state index contributed by atoms with van der Waals surface area (Å²) < 4.78 is 0. The van der Waals surface area contributed by atoms with Gasteiger partial charge in [0.15, 0.2) is 0 Å². The maximum absolute atomic E-state index is 11.0. The molecule has 11 heavy (non-hydrogen) atoms. The SMILES string of the molecule is CNCC(=O)NC1CCSC1. The summed E-state index contributed by atoms with van der Waals surface area (Å²) >= 11 is 1.91. The fourth-order valence-electron chi connectivity index (χ4n) is 1.09. The summed E-state index contributed by atoms with van der Waals surface area (Å²) in [4.78, 5) is 11.0. The van der Waals surface area contributed by atoms with Crippen molar-refractivity contribution in [3.05, 3.63) is 0 Å². The molecule has 1 saturated heterocycles. The van der Waals surface area contributed by atoms with Crippen LogP contribution in [0.25, 0.3) is 0 Å². The first-order chi connectivity index (χ1) is 5.33. The van der Waals surface area contributed by atoms with Crippen molar-refractivity contribution in [1.29, 1.82) is 0 Å². The Morgan fingerprint density at radius 2 is 2.55 bits per heavy atom. The van der Waals surface area contributed by atoms with E-state index >= 15 is 0 Å². The second-order valence-corrected chi connectivity index (χ2v) is 3.81. The summed E-state index contributed by atoms with van der Waals surface area (Å²) in [5.41, 5.74) is 0. The molecule has 1 unspecified atom stereocenters. The zero-order chi connectivity index (χ0) is 8.10. The van der Waals surface area contributed by atoms with E-state index in [4.69, 9.17) is 0 Å². The van der Waals surface area contributed by atoms with Crippen molar-refractivity contribution in [1.82, 2.24) is 10.6 Å². The fourth-order valence-corrected chi connectivity index (χ4v) is 2.24. The van der Waals surface area contributed by atoms with Gasteiger partial charge in [-0.25, -0.2) is 0 Å². The molecule has 0 aliphatic carbocycles. The number of carbonyl (C=O) groups excluding carboxylic acids is 1. The average Bonchev–Trinajstić information content (AvgIpc) is 2.40. The van der Waals surface area contributed by atoms with Crippen molar-refractivity contribution in [2.75, 3.05) is 25.1 Å². The minimum atomic E-state index is 0.111. The highest BCUT2D eigenvalue weighted by Gasteiger charge is 2.16. The van der Waals surface area contributed by atoms with Crippen LogP contribution in [-0.4, -0.2) is 37.0 Å². The first kappa shape index (κ1) is 8.87. The van der Waals surface area contributed by atoms with E-state index < -0.39 is 0 Å². The Morgan fingerprint density at radius 3 is 3.09 bits per heavy atom. The van der Waals surface area contributed by atoms with Gasteiger partial charge in [0.05, 0.1) is 6.54 Å². The molecular formula is C7H14N2OS. The second-order valence-electron chi connectivity index (χ2n) is 2.66. The molecule has 0 bridgehead atoms. The maximum Gasteiger partial charge on any atom is 0.234 e. The van der Waals surface area contributed by atoms with Gasteiger partial charge in [0, 0.05) is 11.8 Å². The van der Waals surface area contributed by atoms with Gasteiger partial charge in [-0.3, -0.25) is 4.79 Å². The lowest BCUT2D eigenvalue weighted by Crippen LogP contribution is -2.39. The third-order valence-corrected chi connectivity index (χ3v) is 2.79. The lowest BCUT2D eigenvalue weighted by Gasteiger charge is -2.10. The molecule has 1 atom stereocenters. The van der Waals surface area contributed by atoms with Crippen LogP contribution in [0.15, 0.2) is 0 Å². The molecule has 3 nitrogen and oxygen atoms in total. The molecule has 64 valence electrons. The zero-order valence-electron chi connectivity index (χ0n) is 6.72. The molecule has 0 aromatic carbocycles. The number of hydrogen-bond donors (Lipinski definition) is 2. The number of thioether (sulfide) groups is 1. The summed E-state index contributed by atoms with van der Waals surface area (Å²) in [7, 11) is 1.78. The number of amides is 1. The van der Waals surface area contributed by atoms with E-state index in [1.54, 1.807) is 7.05 Å². The quantitative estimate of drug-likeness (QED) is 0.624. The van der Waals surface area contributed by atoms with Gasteiger partial charge >= 0.3 is 0 Å². The van der Waals surface area contributed by atoms with Crippen LogP contribution in [0.2, 0.25) is 0 Å². The Hall–Kier alpha value is -0.220. The molecule has 0 saturated carbocycles. The minimum absolute atomic E-state index is 0.111. The smallest absolute Gasteiger partial charge is 0.234 e. The molecule has 1 aliphatic heterocycles. The molecule has 1 aliphatic rings. The fraction of sp³-hybridized carbons (Fsp3) is 0.857. The molecule has 0 radical (unpaired) electrons. The number of carbonyl (C=O) groups is 1. The van der Waals surface area contributed by atoms with Crippen LogP contribution in [0.4, 0.5) is 0 Å². The highest BCUT2D eigenvalue weighted by atomic mass is 32.2. The van der Waals surface area contributed by atoms with Gasteiger partial charge < -0.3 is 10.6 Å². The second kappa shape index (κ2) is 4.62. The molecule has 2 N–H and O–H groups in total. The number of likely N-dealkylation sites (N-methyl/N-ethyl adjacent to an activating group) is 1. The van der Waals surface area contributed by atoms with E-state index in [0.717, 1.165) is 12.2 Å². The summed E-state index contributed by atoms with van der Waals surface area (Å²) in [5.74, 6) is 2.37. The Bertz CT molecular complexity index is 134. The molecule has 0 aromatic heterocycles. The number of hydrogen-bond acceptors (Lipinski definition) is 3. The molecular weight excluding hydrogens is 160 g/mol. The van der Waals surface area contributed by atoms with E-state index in [0.29, 0.717) is 12.6 Å². The summed E-state index contributed by atoms with van der Waals surface area (Å²) in [6.45, 7) is 0.432. The number of rotatable bonds is 3. The van der Waals surface area contributed by atoms with Crippen LogP contribution in [0.5, 0.6) is 0 Å². The molecule has 0 spiro atoms. The predicted octanol–water partition coefficient (Wildman–Crippen LogP) is -0.173. The van der Waals surface area contributed by atoms with Crippen molar-refractivity contribution in [2.45, 2.75) is 12.5 Å². The van der Waals surface area contributed by atoms with Crippen LogP contribution < -0.4 is 10.6 Å². The van der Waals surface area contributed by atoms with Crippen LogP contribution >= 0.6 is 11.8 Å². The van der Waals surface area contributed by atoms with Crippen molar-refractivity contribution >= 4 is 17.7 Å². The van der Waals surface area contributed by atoms with Crippen LogP contribution in [0.3, 0.4) is 0 Å². The third-order valence-electron chi connectivity index (χ3n) is 1.63. The van der Waals surface area contributed by atoms with Crippen molar-refractivity contribution < 1.29 is 4.79 Å². The summed E-state index contributed by atoms with van der Waals surface area (Å²) in [6.07, 6.45) is 1.13. The Kier molecular flexibility index (Phi) is 3.72. The molecule has 1 amide bonds. The highest BCUT2D eigenvalue weighted by molar-refractivity contribution is 7.99. The van der Waals surface area contributed by atoms with E-state index in [1.165, 1.54) is 5.75 Å². The average molecular weight is 174 g/mol. The highest BCUT2D eigenvalue weighted by Crippen LogP contribution is 2.16. The van der Waals surface area contributed by atoms with Crippen LogP contribution in [0.1, 0.15) is 6.42 Å². The first-order valence-electron chi connectivity index (χ1n) is 3.84. The van der Waals surface area contributed by atoms with Gasteiger partial charge in [0.25, 0.3) is 0 Å². The lowest BCUT2D eigenvalue weighted by molar-refractivity contribution is -0.120. The Balaban J connectivity index is 2.13. The summed E-state index contributed by atoms with van der Waals surface area (Å²) in [6, 6.07) is 0.417. The first-order valence-corrected chi connectivity index (χ1v) is 5.00. The normalized spacial score (nSPS) is 23.5. The van der Waals surface area contributed by atoms with Crippen LogP contribution in [0, 0.1) is 0 Å². The van der Waals surface area contributed by atoms with Gasteiger partial charge in [0.1, 0.15) is 0 Å². The van der Waals surface area contributed by atoms with Crippen molar-refractivity contribution in [3.8, 4) is 0 Å². The van der Waals surface area contributed by atoms with E-state index in [1.807, 2.05) is 11.8 Å². The molecule has 1 heterocycles. The third kappa shape index (κ3) is 3.12. The predicted molar refractivity (Wildman–Crippen MR) is 47.8 cm³/mol. The van der Waals surface area contributed by atoms with E-state index in [-0.39, 0.29) is 5.91 Å². The van der Waals surface area contributed by atoms with Gasteiger partial charge in [-0.1, -0.05) is 0 Å². The van der Waals surface area contributed by atoms with Crippen LogP contribution in [-0.2, 0) is 4.79 Å².